The molecule has 1 N–H and O–H groups in total. The molecule has 6 heteroatoms. The Hall–Kier alpha value is -1.43. The lowest BCUT2D eigenvalue weighted by Gasteiger charge is -2.28. The predicted molar refractivity (Wildman–Crippen MR) is 58.7 cm³/mol. The number of anilines is 1. The molecular weight excluding hydrogens is 216 g/mol. The van der Waals surface area contributed by atoms with Crippen LogP contribution >= 0.6 is 11.8 Å². The monoisotopic (exact) mass is 226 g/mol. The summed E-state index contributed by atoms with van der Waals surface area (Å²) in [5.41, 5.74) is 0.684. The molecule has 0 saturated carbocycles. The maximum Gasteiger partial charge on any atom is 0.348 e. The highest BCUT2D eigenvalue weighted by Crippen LogP contribution is 2.36. The van der Waals surface area contributed by atoms with Gasteiger partial charge < -0.3 is 14.5 Å². The van der Waals surface area contributed by atoms with Gasteiger partial charge in [0.1, 0.15) is 5.69 Å². The molecule has 1 unspecified atom stereocenters. The minimum absolute atomic E-state index is 0.402. The Morgan fingerprint density at radius 1 is 1.73 bits per heavy atom. The molecule has 0 saturated heterocycles. The number of hydrogen-bond acceptors (Lipinski definition) is 6. The zero-order valence-electron chi connectivity index (χ0n) is 8.31. The summed E-state index contributed by atoms with van der Waals surface area (Å²) < 4.78 is 9.88. The van der Waals surface area contributed by atoms with Crippen molar-refractivity contribution < 1.29 is 13.9 Å². The van der Waals surface area contributed by atoms with Crippen molar-refractivity contribution in [1.29, 1.82) is 0 Å². The first-order valence-corrected chi connectivity index (χ1v) is 5.49. The molecule has 2 heterocycles. The normalized spacial score (nSPS) is 23.1. The Kier molecular flexibility index (Phi) is 2.44. The van der Waals surface area contributed by atoms with E-state index in [0.717, 1.165) is 0 Å². The van der Waals surface area contributed by atoms with Crippen LogP contribution in [-0.4, -0.2) is 30.4 Å². The van der Waals surface area contributed by atoms with Crippen molar-refractivity contribution in [1.82, 2.24) is 0 Å². The highest BCUT2D eigenvalue weighted by atomic mass is 32.2. The topological polar surface area (TPSA) is 63.8 Å². The van der Waals surface area contributed by atoms with Crippen molar-refractivity contribution in [2.45, 2.75) is 4.87 Å². The van der Waals surface area contributed by atoms with Crippen LogP contribution in [0.5, 0.6) is 0 Å². The third kappa shape index (κ3) is 1.50. The average molecular weight is 226 g/mol. The number of rotatable bonds is 2. The number of methoxy groups -OCH3 is 1. The first-order chi connectivity index (χ1) is 7.22. The second kappa shape index (κ2) is 3.62. The van der Waals surface area contributed by atoms with Gasteiger partial charge in [-0.3, -0.25) is 4.99 Å². The van der Waals surface area contributed by atoms with Gasteiger partial charge in [-0.2, -0.15) is 0 Å². The molecule has 0 fully saturated rings. The Balaban J connectivity index is 2.36. The van der Waals surface area contributed by atoms with Crippen LogP contribution in [0.25, 0.3) is 0 Å². The minimum atomic E-state index is -0.987. The fraction of sp³-hybridized carbons (Fsp3) is 0.333. The van der Waals surface area contributed by atoms with E-state index in [9.17, 15) is 4.79 Å². The lowest BCUT2D eigenvalue weighted by molar-refractivity contribution is -0.140. The number of furan rings is 1. The Bertz CT molecular complexity index is 415. The standard InChI is InChI=1S/C9H10N2O3S/c1-13-8(12)9(15-2)5-10-6-3-4-14-7(6)11-9/h3-5,11H,1-2H3. The van der Waals surface area contributed by atoms with Crippen LogP contribution in [0.2, 0.25) is 0 Å². The molecule has 1 aliphatic rings. The molecule has 0 bridgehead atoms. The zero-order chi connectivity index (χ0) is 10.9. The van der Waals surface area contributed by atoms with E-state index in [4.69, 9.17) is 9.15 Å². The van der Waals surface area contributed by atoms with Gasteiger partial charge in [-0.1, -0.05) is 0 Å². The summed E-state index contributed by atoms with van der Waals surface area (Å²) >= 11 is 1.30. The zero-order valence-corrected chi connectivity index (χ0v) is 9.13. The second-order valence-corrected chi connectivity index (χ2v) is 4.00. The second-order valence-electron chi connectivity index (χ2n) is 2.95. The summed E-state index contributed by atoms with van der Waals surface area (Å²) in [5.74, 6) is 0.0815. The number of esters is 1. The van der Waals surface area contributed by atoms with E-state index in [-0.39, 0.29) is 0 Å². The van der Waals surface area contributed by atoms with Gasteiger partial charge in [0.15, 0.2) is 0 Å². The third-order valence-corrected chi connectivity index (χ3v) is 3.16. The molecule has 1 aromatic rings. The van der Waals surface area contributed by atoms with Crippen molar-refractivity contribution in [3.63, 3.8) is 0 Å². The Labute approximate surface area is 90.9 Å². The molecule has 0 aromatic carbocycles. The Morgan fingerprint density at radius 3 is 3.20 bits per heavy atom. The van der Waals surface area contributed by atoms with Crippen molar-refractivity contribution in [3.8, 4) is 0 Å². The average Bonchev–Trinajstić information content (AvgIpc) is 2.74. The van der Waals surface area contributed by atoms with Gasteiger partial charge in [0.05, 0.1) is 19.6 Å². The number of carbonyl (C=O) groups is 1. The molecule has 15 heavy (non-hydrogen) atoms. The van der Waals surface area contributed by atoms with E-state index < -0.39 is 10.8 Å². The van der Waals surface area contributed by atoms with Crippen LogP contribution in [0.15, 0.2) is 21.7 Å². The van der Waals surface area contributed by atoms with E-state index in [2.05, 4.69) is 10.3 Å². The van der Waals surface area contributed by atoms with Crippen LogP contribution in [0.4, 0.5) is 11.6 Å². The van der Waals surface area contributed by atoms with Crippen molar-refractivity contribution >= 4 is 35.5 Å². The van der Waals surface area contributed by atoms with Crippen molar-refractivity contribution in [2.24, 2.45) is 4.99 Å². The highest BCUT2D eigenvalue weighted by molar-refractivity contribution is 8.01. The first-order valence-electron chi connectivity index (χ1n) is 4.26. The number of thioether (sulfide) groups is 1. The molecule has 0 radical (unpaired) electrons. The summed E-state index contributed by atoms with van der Waals surface area (Å²) in [4.78, 5) is 14.8. The number of nitrogens with zero attached hydrogens (tertiary/aromatic N) is 1. The third-order valence-electron chi connectivity index (χ3n) is 2.14. The molecule has 2 rings (SSSR count). The lowest BCUT2D eigenvalue weighted by atomic mass is 10.2. The van der Waals surface area contributed by atoms with E-state index >= 15 is 0 Å². The van der Waals surface area contributed by atoms with Gasteiger partial charge in [-0.25, -0.2) is 4.79 Å². The number of carbonyl (C=O) groups excluding carboxylic acids is 1. The van der Waals surface area contributed by atoms with Crippen LogP contribution in [0.1, 0.15) is 0 Å². The van der Waals surface area contributed by atoms with Crippen LogP contribution in [-0.2, 0) is 9.53 Å². The molecule has 1 aliphatic heterocycles. The molecule has 5 nitrogen and oxygen atoms in total. The van der Waals surface area contributed by atoms with E-state index in [1.54, 1.807) is 12.3 Å². The van der Waals surface area contributed by atoms with Gasteiger partial charge in [-0.15, -0.1) is 11.8 Å². The molecule has 80 valence electrons. The predicted octanol–water partition coefficient (Wildman–Crippen LogP) is 1.64. The van der Waals surface area contributed by atoms with Crippen molar-refractivity contribution in [2.75, 3.05) is 18.7 Å². The van der Waals surface area contributed by atoms with E-state index in [1.165, 1.54) is 31.3 Å². The molecule has 1 aromatic heterocycles. The quantitative estimate of drug-likeness (QED) is 0.777. The van der Waals surface area contributed by atoms with Crippen LogP contribution in [0, 0.1) is 0 Å². The summed E-state index contributed by atoms with van der Waals surface area (Å²) in [7, 11) is 1.34. The number of hydrogen-bond donors (Lipinski definition) is 1. The largest absolute Gasteiger partial charge is 0.466 e. The number of nitrogens with one attached hydrogen (secondary N) is 1. The smallest absolute Gasteiger partial charge is 0.348 e. The molecule has 0 amide bonds. The fourth-order valence-electron chi connectivity index (χ4n) is 1.30. The summed E-state index contributed by atoms with van der Waals surface area (Å²) in [6.45, 7) is 0. The van der Waals surface area contributed by atoms with Gasteiger partial charge in [0.25, 0.3) is 0 Å². The van der Waals surface area contributed by atoms with Gasteiger partial charge in [0, 0.05) is 6.07 Å². The molecule has 0 aliphatic carbocycles. The number of fused-ring (bicyclic) bond motifs is 1. The Morgan fingerprint density at radius 2 is 2.53 bits per heavy atom. The van der Waals surface area contributed by atoms with E-state index in [0.29, 0.717) is 11.6 Å². The first kappa shape index (κ1) is 10.1. The summed E-state index contributed by atoms with van der Waals surface area (Å²) in [5, 5.41) is 2.96. The van der Waals surface area contributed by atoms with Crippen molar-refractivity contribution in [3.05, 3.63) is 12.3 Å². The van der Waals surface area contributed by atoms with Gasteiger partial charge in [0.2, 0.25) is 10.8 Å². The summed E-state index contributed by atoms with van der Waals surface area (Å²) in [6.07, 6.45) is 4.84. The fourth-order valence-corrected chi connectivity index (χ4v) is 1.90. The number of aliphatic imine (C=N–C) groups is 1. The lowest BCUT2D eigenvalue weighted by Crippen LogP contribution is -2.46. The summed E-state index contributed by atoms with van der Waals surface area (Å²) in [6, 6.07) is 1.72. The maximum atomic E-state index is 11.6. The molecular formula is C9H10N2O3S. The molecule has 0 spiro atoms. The van der Waals surface area contributed by atoms with E-state index in [1.807, 2.05) is 0 Å². The number of ether oxygens (including phenoxy) is 1. The van der Waals surface area contributed by atoms with Gasteiger partial charge >= 0.3 is 5.97 Å². The molecule has 1 atom stereocenters. The van der Waals surface area contributed by atoms with Crippen LogP contribution < -0.4 is 5.32 Å². The van der Waals surface area contributed by atoms with Crippen LogP contribution in [0.3, 0.4) is 0 Å². The highest BCUT2D eigenvalue weighted by Gasteiger charge is 2.41. The van der Waals surface area contributed by atoms with Gasteiger partial charge in [-0.05, 0) is 6.26 Å². The maximum absolute atomic E-state index is 11.6. The SMILES string of the molecule is COC(=O)C1(SC)C=Nc2ccoc2N1. The minimum Gasteiger partial charge on any atom is -0.466 e.